The minimum Gasteiger partial charge on any atom is -0.452 e. The molecule has 7 nitrogen and oxygen atoms in total. The maximum Gasteiger partial charge on any atom is 0.341 e. The van der Waals surface area contributed by atoms with E-state index < -0.39 is 44.8 Å². The number of hydrogen-bond acceptors (Lipinski definition) is 5. The lowest BCUT2D eigenvalue weighted by Gasteiger charge is -2.22. The number of ether oxygens (including phenoxy) is 1. The van der Waals surface area contributed by atoms with Gasteiger partial charge in [-0.15, -0.1) is 0 Å². The monoisotopic (exact) mass is 392 g/mol. The van der Waals surface area contributed by atoms with Gasteiger partial charge in [0.25, 0.3) is 5.91 Å². The molecule has 0 bridgehead atoms. The van der Waals surface area contributed by atoms with Crippen molar-refractivity contribution in [3.8, 4) is 0 Å². The Morgan fingerprint density at radius 3 is 2.67 bits per heavy atom. The summed E-state index contributed by atoms with van der Waals surface area (Å²) in [6.07, 6.45) is 0.681. The van der Waals surface area contributed by atoms with E-state index in [1.165, 1.54) is 4.90 Å². The summed E-state index contributed by atoms with van der Waals surface area (Å²) in [6.45, 7) is 1.27. The summed E-state index contributed by atoms with van der Waals surface area (Å²) in [4.78, 5) is 25.7. The van der Waals surface area contributed by atoms with Crippen LogP contribution in [0.25, 0.3) is 0 Å². The van der Waals surface area contributed by atoms with E-state index in [-0.39, 0.29) is 6.04 Å². The molecular weight excluding hydrogens is 375 g/mol. The predicted octanol–water partition coefficient (Wildman–Crippen LogP) is 1.61. The number of nitrogens with zero attached hydrogens (tertiary/aromatic N) is 1. The molecular formula is C18H17FN2O5S. The Hall–Kier alpha value is -2.78. The summed E-state index contributed by atoms with van der Waals surface area (Å²) in [5.41, 5.74) is 1.15. The number of fused-ring (bicyclic) bond motifs is 1. The van der Waals surface area contributed by atoms with Crippen LogP contribution in [0.5, 0.6) is 0 Å². The van der Waals surface area contributed by atoms with Gasteiger partial charge in [0, 0.05) is 11.7 Å². The average molecular weight is 392 g/mol. The molecule has 0 aromatic heterocycles. The van der Waals surface area contributed by atoms with Gasteiger partial charge in [-0.25, -0.2) is 22.7 Å². The highest BCUT2D eigenvalue weighted by Crippen LogP contribution is 2.31. The third-order valence-corrected chi connectivity index (χ3v) is 5.20. The summed E-state index contributed by atoms with van der Waals surface area (Å²) >= 11 is 0. The first-order valence-corrected chi connectivity index (χ1v) is 9.62. The van der Waals surface area contributed by atoms with Gasteiger partial charge in [0.1, 0.15) is 5.82 Å². The van der Waals surface area contributed by atoms with Gasteiger partial charge in [0.2, 0.25) is 10.0 Å². The second-order valence-corrected chi connectivity index (χ2v) is 7.77. The molecule has 9 heteroatoms. The van der Waals surface area contributed by atoms with Crippen LogP contribution in [0.15, 0.2) is 47.4 Å². The van der Waals surface area contributed by atoms with Gasteiger partial charge in [-0.2, -0.15) is 0 Å². The van der Waals surface area contributed by atoms with Crippen LogP contribution in [0.2, 0.25) is 0 Å². The molecule has 1 aliphatic heterocycles. The molecule has 1 heterocycles. The SMILES string of the molecule is C[C@@H]1Cc2ccccc2N1C(=O)COC(=O)c1cc(S(N)(=O)=O)ccc1F. The van der Waals surface area contributed by atoms with Crippen LogP contribution in [0.1, 0.15) is 22.8 Å². The molecule has 0 spiro atoms. The molecule has 0 unspecified atom stereocenters. The Balaban J connectivity index is 1.74. The fourth-order valence-corrected chi connectivity index (χ4v) is 3.60. The summed E-state index contributed by atoms with van der Waals surface area (Å²) in [7, 11) is -4.11. The number of rotatable bonds is 4. The topological polar surface area (TPSA) is 107 Å². The number of esters is 1. The van der Waals surface area contributed by atoms with Crippen molar-refractivity contribution in [3.63, 3.8) is 0 Å². The third-order valence-electron chi connectivity index (χ3n) is 4.29. The van der Waals surface area contributed by atoms with Crippen molar-refractivity contribution in [2.24, 2.45) is 5.14 Å². The molecule has 2 N–H and O–H groups in total. The Morgan fingerprint density at radius 1 is 1.26 bits per heavy atom. The fraction of sp³-hybridized carbons (Fsp3) is 0.222. The van der Waals surface area contributed by atoms with Gasteiger partial charge in [0.15, 0.2) is 6.61 Å². The molecule has 1 atom stereocenters. The first-order valence-electron chi connectivity index (χ1n) is 8.08. The minimum atomic E-state index is -4.11. The fourth-order valence-electron chi connectivity index (χ4n) is 3.06. The van der Waals surface area contributed by atoms with Gasteiger partial charge in [-0.05, 0) is 43.2 Å². The first-order chi connectivity index (χ1) is 12.7. The molecule has 0 fully saturated rings. The van der Waals surface area contributed by atoms with E-state index in [4.69, 9.17) is 9.88 Å². The minimum absolute atomic E-state index is 0.101. The maximum atomic E-state index is 13.9. The second kappa shape index (κ2) is 7.09. The van der Waals surface area contributed by atoms with Crippen LogP contribution in [-0.2, 0) is 26.0 Å². The summed E-state index contributed by atoms with van der Waals surface area (Å²) in [5, 5.41) is 4.98. The van der Waals surface area contributed by atoms with Crippen molar-refractivity contribution in [3.05, 3.63) is 59.4 Å². The third kappa shape index (κ3) is 3.83. The number of primary sulfonamides is 1. The Morgan fingerprint density at radius 2 is 1.96 bits per heavy atom. The number of nitrogens with two attached hydrogens (primary N) is 1. The summed E-state index contributed by atoms with van der Waals surface area (Å²) in [5.74, 6) is -2.57. The van der Waals surface area contributed by atoms with Gasteiger partial charge in [-0.3, -0.25) is 4.79 Å². The lowest BCUT2D eigenvalue weighted by Crippen LogP contribution is -2.38. The molecule has 3 rings (SSSR count). The molecule has 142 valence electrons. The zero-order chi connectivity index (χ0) is 19.8. The lowest BCUT2D eigenvalue weighted by atomic mass is 10.1. The van der Waals surface area contributed by atoms with Gasteiger partial charge < -0.3 is 9.64 Å². The average Bonchev–Trinajstić information content (AvgIpc) is 2.94. The van der Waals surface area contributed by atoms with Gasteiger partial charge >= 0.3 is 5.97 Å². The van der Waals surface area contributed by atoms with Crippen molar-refractivity contribution in [1.29, 1.82) is 0 Å². The Bertz CT molecular complexity index is 1020. The van der Waals surface area contributed by atoms with Crippen LogP contribution in [0.4, 0.5) is 10.1 Å². The van der Waals surface area contributed by atoms with Gasteiger partial charge in [0.05, 0.1) is 10.5 Å². The summed E-state index contributed by atoms with van der Waals surface area (Å²) < 4.78 is 41.5. The number of sulfonamides is 1. The highest BCUT2D eigenvalue weighted by Gasteiger charge is 2.31. The zero-order valence-electron chi connectivity index (χ0n) is 14.4. The molecule has 0 aliphatic carbocycles. The summed E-state index contributed by atoms with van der Waals surface area (Å²) in [6, 6.07) is 9.82. The van der Waals surface area contributed by atoms with E-state index in [1.807, 2.05) is 19.1 Å². The molecule has 1 aliphatic rings. The normalized spacial score (nSPS) is 16.1. The van der Waals surface area contributed by atoms with Crippen molar-refractivity contribution in [1.82, 2.24) is 0 Å². The zero-order valence-corrected chi connectivity index (χ0v) is 15.2. The number of amides is 1. The van der Waals surface area contributed by atoms with Crippen molar-refractivity contribution >= 4 is 27.6 Å². The number of carbonyl (C=O) groups excluding carboxylic acids is 2. The van der Waals surface area contributed by atoms with Crippen LogP contribution in [0, 0.1) is 5.82 Å². The van der Waals surface area contributed by atoms with E-state index >= 15 is 0 Å². The van der Waals surface area contributed by atoms with E-state index in [0.717, 1.165) is 29.4 Å². The van der Waals surface area contributed by atoms with E-state index in [0.29, 0.717) is 6.42 Å². The molecule has 2 aromatic rings. The highest BCUT2D eigenvalue weighted by atomic mass is 32.2. The first kappa shape index (κ1) is 19.0. The van der Waals surface area contributed by atoms with Crippen molar-refractivity contribution in [2.75, 3.05) is 11.5 Å². The quantitative estimate of drug-likeness (QED) is 0.796. The number of carbonyl (C=O) groups is 2. The van der Waals surface area contributed by atoms with Crippen LogP contribution in [0.3, 0.4) is 0 Å². The van der Waals surface area contributed by atoms with E-state index in [1.54, 1.807) is 12.1 Å². The predicted molar refractivity (Wildman–Crippen MR) is 95.1 cm³/mol. The number of anilines is 1. The lowest BCUT2D eigenvalue weighted by molar-refractivity contribution is -0.122. The molecule has 0 saturated carbocycles. The van der Waals surface area contributed by atoms with E-state index in [9.17, 15) is 22.4 Å². The largest absolute Gasteiger partial charge is 0.452 e. The number of para-hydroxylation sites is 1. The molecule has 0 saturated heterocycles. The molecule has 0 radical (unpaired) electrons. The maximum absolute atomic E-state index is 13.9. The highest BCUT2D eigenvalue weighted by molar-refractivity contribution is 7.89. The van der Waals surface area contributed by atoms with Crippen LogP contribution < -0.4 is 10.0 Å². The smallest absolute Gasteiger partial charge is 0.341 e. The molecule has 27 heavy (non-hydrogen) atoms. The van der Waals surface area contributed by atoms with Crippen LogP contribution in [-0.4, -0.2) is 32.9 Å². The Labute approximate surface area is 155 Å². The van der Waals surface area contributed by atoms with E-state index in [2.05, 4.69) is 0 Å². The number of benzene rings is 2. The Kier molecular flexibility index (Phi) is 4.99. The second-order valence-electron chi connectivity index (χ2n) is 6.21. The number of hydrogen-bond donors (Lipinski definition) is 1. The van der Waals surface area contributed by atoms with Gasteiger partial charge in [-0.1, -0.05) is 18.2 Å². The van der Waals surface area contributed by atoms with Crippen molar-refractivity contribution in [2.45, 2.75) is 24.3 Å². The van der Waals surface area contributed by atoms with Crippen LogP contribution >= 0.6 is 0 Å². The standard InChI is InChI=1S/C18H17FN2O5S/c1-11-8-12-4-2-3-5-16(12)21(11)17(22)10-26-18(23)14-9-13(27(20,24)25)6-7-15(14)19/h2-7,9,11H,8,10H2,1H3,(H2,20,24,25)/t11-/m1/s1. The molecule has 2 aromatic carbocycles. The number of halogens is 1. The van der Waals surface area contributed by atoms with Crippen molar-refractivity contribution < 1.29 is 27.1 Å². The molecule has 1 amide bonds.